The van der Waals surface area contributed by atoms with E-state index in [4.69, 9.17) is 0 Å². The van der Waals surface area contributed by atoms with Gasteiger partial charge in [-0.1, -0.05) is 80.8 Å². The zero-order valence-corrected chi connectivity index (χ0v) is 15.0. The number of ketones is 2. The second kappa shape index (κ2) is 11.3. The van der Waals surface area contributed by atoms with Gasteiger partial charge in [0.15, 0.2) is 5.78 Å². The van der Waals surface area contributed by atoms with E-state index in [9.17, 15) is 9.59 Å². The van der Waals surface area contributed by atoms with Crippen LogP contribution in [0.5, 0.6) is 0 Å². The first-order valence-electron chi connectivity index (χ1n) is 8.71. The number of benzene rings is 2. The SMILES string of the molecule is CC(=O)C(=O)c1ccccc1C.CCCCCCc1ccccc1. The normalized spacial score (nSPS) is 9.79. The Bertz CT molecular complexity index is 629. The molecule has 0 amide bonds. The van der Waals surface area contributed by atoms with Crippen LogP contribution in [-0.4, -0.2) is 11.6 Å². The maximum atomic E-state index is 11.2. The molecule has 0 N–H and O–H groups in total. The van der Waals surface area contributed by atoms with Gasteiger partial charge in [0.05, 0.1) is 0 Å². The van der Waals surface area contributed by atoms with Gasteiger partial charge < -0.3 is 0 Å². The summed E-state index contributed by atoms with van der Waals surface area (Å²) >= 11 is 0. The van der Waals surface area contributed by atoms with Gasteiger partial charge in [-0.25, -0.2) is 0 Å². The summed E-state index contributed by atoms with van der Waals surface area (Å²) < 4.78 is 0. The molecule has 0 aromatic heterocycles. The molecule has 24 heavy (non-hydrogen) atoms. The number of hydrogen-bond donors (Lipinski definition) is 0. The fourth-order valence-corrected chi connectivity index (χ4v) is 2.42. The van der Waals surface area contributed by atoms with Crippen molar-refractivity contribution in [2.24, 2.45) is 0 Å². The van der Waals surface area contributed by atoms with Crippen LogP contribution in [0.2, 0.25) is 0 Å². The Labute approximate surface area is 145 Å². The van der Waals surface area contributed by atoms with E-state index >= 15 is 0 Å². The molecule has 0 heterocycles. The molecular formula is C22H28O2. The van der Waals surface area contributed by atoms with E-state index < -0.39 is 11.6 Å². The lowest BCUT2D eigenvalue weighted by molar-refractivity contribution is -0.113. The average Bonchev–Trinajstić information content (AvgIpc) is 2.60. The monoisotopic (exact) mass is 324 g/mol. The lowest BCUT2D eigenvalue weighted by Crippen LogP contribution is -2.10. The molecule has 0 atom stereocenters. The van der Waals surface area contributed by atoms with Crippen molar-refractivity contribution in [3.8, 4) is 0 Å². The summed E-state index contributed by atoms with van der Waals surface area (Å²) in [7, 11) is 0. The molecular weight excluding hydrogens is 296 g/mol. The third-order valence-corrected chi connectivity index (χ3v) is 3.87. The van der Waals surface area contributed by atoms with Crippen molar-refractivity contribution >= 4 is 11.6 Å². The van der Waals surface area contributed by atoms with Crippen LogP contribution in [0.25, 0.3) is 0 Å². The van der Waals surface area contributed by atoms with E-state index in [1.165, 1.54) is 44.6 Å². The number of carbonyl (C=O) groups is 2. The van der Waals surface area contributed by atoms with Crippen LogP contribution < -0.4 is 0 Å². The third-order valence-electron chi connectivity index (χ3n) is 3.87. The maximum absolute atomic E-state index is 11.2. The smallest absolute Gasteiger partial charge is 0.228 e. The molecule has 0 aliphatic rings. The summed E-state index contributed by atoms with van der Waals surface area (Å²) in [6.45, 7) is 5.35. The van der Waals surface area contributed by atoms with Crippen LogP contribution in [-0.2, 0) is 11.2 Å². The molecule has 2 aromatic carbocycles. The zero-order valence-electron chi connectivity index (χ0n) is 15.0. The second-order valence-corrected chi connectivity index (χ2v) is 6.00. The number of hydrogen-bond acceptors (Lipinski definition) is 2. The molecule has 0 fully saturated rings. The minimum absolute atomic E-state index is 0.409. The lowest BCUT2D eigenvalue weighted by Gasteiger charge is -1.99. The highest BCUT2D eigenvalue weighted by Gasteiger charge is 2.12. The maximum Gasteiger partial charge on any atom is 0.228 e. The largest absolute Gasteiger partial charge is 0.291 e. The molecule has 128 valence electrons. The molecule has 0 aliphatic carbocycles. The predicted molar refractivity (Wildman–Crippen MR) is 100 cm³/mol. The van der Waals surface area contributed by atoms with Crippen molar-refractivity contribution in [2.45, 2.75) is 52.9 Å². The molecule has 0 bridgehead atoms. The van der Waals surface area contributed by atoms with Crippen LogP contribution in [0.15, 0.2) is 54.6 Å². The molecule has 0 saturated carbocycles. The number of Topliss-reactive ketones (excluding diaryl/α,β-unsaturated/α-hetero) is 2. The Morgan fingerprint density at radius 1 is 0.833 bits per heavy atom. The van der Waals surface area contributed by atoms with E-state index in [0.717, 1.165) is 5.56 Å². The van der Waals surface area contributed by atoms with Crippen molar-refractivity contribution in [1.82, 2.24) is 0 Å². The first kappa shape index (κ1) is 19.8. The Kier molecular flexibility index (Phi) is 9.36. The minimum atomic E-state index is -0.413. The van der Waals surface area contributed by atoms with Crippen LogP contribution in [0.1, 0.15) is 61.0 Å². The van der Waals surface area contributed by atoms with E-state index in [0.29, 0.717) is 5.56 Å². The topological polar surface area (TPSA) is 34.1 Å². The summed E-state index contributed by atoms with van der Waals surface area (Å²) in [5, 5.41) is 0. The molecule has 2 heteroatoms. The third kappa shape index (κ3) is 7.36. The van der Waals surface area contributed by atoms with E-state index in [-0.39, 0.29) is 0 Å². The lowest BCUT2D eigenvalue weighted by atomic mass is 10.0. The summed E-state index contributed by atoms with van der Waals surface area (Å²) in [6.07, 6.45) is 6.69. The van der Waals surface area contributed by atoms with Gasteiger partial charge in [0, 0.05) is 12.5 Å². The summed E-state index contributed by atoms with van der Waals surface area (Å²) in [5.74, 6) is -0.822. The fourth-order valence-electron chi connectivity index (χ4n) is 2.42. The van der Waals surface area contributed by atoms with Crippen molar-refractivity contribution in [3.05, 3.63) is 71.3 Å². The highest BCUT2D eigenvalue weighted by atomic mass is 16.2. The first-order chi connectivity index (χ1) is 11.6. The van der Waals surface area contributed by atoms with Crippen LogP contribution in [0, 0.1) is 6.92 Å². The van der Waals surface area contributed by atoms with E-state index in [1.807, 2.05) is 19.1 Å². The standard InChI is InChI=1S/C12H18.C10H10O2/c1-2-3-4-6-9-12-10-7-5-8-11-12;1-7-5-3-4-6-9(7)10(12)8(2)11/h5,7-8,10-11H,2-4,6,9H2,1H3;3-6H,1-2H3. The van der Waals surface area contributed by atoms with Gasteiger partial charge in [-0.2, -0.15) is 0 Å². The number of carbonyl (C=O) groups excluding carboxylic acids is 2. The van der Waals surface area contributed by atoms with Gasteiger partial charge in [-0.15, -0.1) is 0 Å². The Hall–Kier alpha value is -2.22. The molecule has 0 saturated heterocycles. The van der Waals surface area contributed by atoms with Gasteiger partial charge in [0.1, 0.15) is 0 Å². The molecule has 0 aliphatic heterocycles. The molecule has 0 unspecified atom stereocenters. The Morgan fingerprint density at radius 2 is 1.46 bits per heavy atom. The van der Waals surface area contributed by atoms with Crippen LogP contribution >= 0.6 is 0 Å². The van der Waals surface area contributed by atoms with Crippen molar-refractivity contribution in [3.63, 3.8) is 0 Å². The molecule has 0 radical (unpaired) electrons. The van der Waals surface area contributed by atoms with Gasteiger partial charge in [-0.3, -0.25) is 9.59 Å². The van der Waals surface area contributed by atoms with E-state index in [2.05, 4.69) is 37.3 Å². The number of unbranched alkanes of at least 4 members (excludes halogenated alkanes) is 3. The van der Waals surface area contributed by atoms with Gasteiger partial charge in [-0.05, 0) is 30.9 Å². The van der Waals surface area contributed by atoms with Crippen LogP contribution in [0.4, 0.5) is 0 Å². The quantitative estimate of drug-likeness (QED) is 0.379. The average molecular weight is 324 g/mol. The Balaban J connectivity index is 0.000000240. The van der Waals surface area contributed by atoms with Crippen LogP contribution in [0.3, 0.4) is 0 Å². The highest BCUT2D eigenvalue weighted by molar-refractivity contribution is 6.43. The zero-order chi connectivity index (χ0) is 17.8. The van der Waals surface area contributed by atoms with Crippen molar-refractivity contribution < 1.29 is 9.59 Å². The van der Waals surface area contributed by atoms with Crippen molar-refractivity contribution in [2.75, 3.05) is 0 Å². The molecule has 2 rings (SSSR count). The van der Waals surface area contributed by atoms with Gasteiger partial charge in [0.25, 0.3) is 0 Å². The van der Waals surface area contributed by atoms with E-state index in [1.54, 1.807) is 12.1 Å². The predicted octanol–water partition coefficient (Wildman–Crippen LogP) is 5.58. The Morgan fingerprint density at radius 3 is 2.04 bits per heavy atom. The number of rotatable bonds is 7. The molecule has 0 spiro atoms. The van der Waals surface area contributed by atoms with Gasteiger partial charge >= 0.3 is 0 Å². The molecule has 2 aromatic rings. The fraction of sp³-hybridized carbons (Fsp3) is 0.364. The first-order valence-corrected chi connectivity index (χ1v) is 8.71. The summed E-state index contributed by atoms with van der Waals surface area (Å²) in [4.78, 5) is 22.0. The summed E-state index contributed by atoms with van der Waals surface area (Å²) in [6, 6.07) is 17.8. The van der Waals surface area contributed by atoms with Gasteiger partial charge in [0.2, 0.25) is 5.78 Å². The number of aryl methyl sites for hydroxylation is 2. The summed E-state index contributed by atoms with van der Waals surface area (Å²) in [5.41, 5.74) is 2.83. The molecule has 2 nitrogen and oxygen atoms in total. The second-order valence-electron chi connectivity index (χ2n) is 6.00. The van der Waals surface area contributed by atoms with Crippen molar-refractivity contribution in [1.29, 1.82) is 0 Å². The minimum Gasteiger partial charge on any atom is -0.291 e. The highest BCUT2D eigenvalue weighted by Crippen LogP contribution is 2.08.